The number of nitrogens with one attached hydrogen (secondary N) is 1. The summed E-state index contributed by atoms with van der Waals surface area (Å²) in [6, 6.07) is 7.39. The molecule has 2 heterocycles. The number of aromatic nitrogens is 3. The van der Waals surface area contributed by atoms with Gasteiger partial charge in [-0.25, -0.2) is 14.1 Å². The van der Waals surface area contributed by atoms with Gasteiger partial charge in [-0.2, -0.15) is 5.10 Å². The smallest absolute Gasteiger partial charge is 0.289 e. The molecule has 0 radical (unpaired) electrons. The van der Waals surface area contributed by atoms with E-state index >= 15 is 0 Å². The fraction of sp³-hybridized carbons (Fsp3) is 0. The summed E-state index contributed by atoms with van der Waals surface area (Å²) in [5, 5.41) is 17.7. The van der Waals surface area contributed by atoms with Gasteiger partial charge in [-0.05, 0) is 12.1 Å². The number of hydrogen-bond acceptors (Lipinski definition) is 5. The predicted molar refractivity (Wildman–Crippen MR) is 82.7 cm³/mol. The normalized spacial score (nSPS) is 10.5. The Morgan fingerprint density at radius 3 is 2.78 bits per heavy atom. The zero-order chi connectivity index (χ0) is 16.4. The van der Waals surface area contributed by atoms with Crippen molar-refractivity contribution < 1.29 is 9.31 Å². The lowest BCUT2D eigenvalue weighted by atomic mass is 10.3. The molecule has 0 unspecified atom stereocenters. The first-order valence-electron chi connectivity index (χ1n) is 6.41. The van der Waals surface area contributed by atoms with Crippen molar-refractivity contribution in [3.63, 3.8) is 0 Å². The van der Waals surface area contributed by atoms with Crippen molar-refractivity contribution in [3.8, 4) is 5.69 Å². The topological polar surface area (TPSA) is 85.9 Å². The van der Waals surface area contributed by atoms with Crippen LogP contribution in [0.25, 0.3) is 5.69 Å². The van der Waals surface area contributed by atoms with Crippen LogP contribution in [0.5, 0.6) is 0 Å². The molecule has 0 aliphatic carbocycles. The first kappa shape index (κ1) is 14.9. The molecule has 0 bridgehead atoms. The van der Waals surface area contributed by atoms with Crippen LogP contribution in [0.3, 0.4) is 0 Å². The molecule has 7 nitrogen and oxygen atoms in total. The van der Waals surface area contributed by atoms with E-state index in [0.29, 0.717) is 11.4 Å². The van der Waals surface area contributed by atoms with E-state index in [9.17, 15) is 14.5 Å². The molecule has 3 aromatic rings. The maximum atomic E-state index is 13.7. The molecule has 1 aromatic carbocycles. The van der Waals surface area contributed by atoms with Gasteiger partial charge in [-0.3, -0.25) is 10.1 Å². The minimum absolute atomic E-state index is 0.0952. The second-order valence-electron chi connectivity index (χ2n) is 4.53. The molecule has 23 heavy (non-hydrogen) atoms. The fourth-order valence-corrected chi connectivity index (χ4v) is 2.12. The van der Waals surface area contributed by atoms with Crippen LogP contribution in [0.4, 0.5) is 21.6 Å². The Labute approximate surface area is 134 Å². The minimum atomic E-state index is -0.584. The maximum Gasteiger partial charge on any atom is 0.289 e. The summed E-state index contributed by atoms with van der Waals surface area (Å²) in [4.78, 5) is 14.0. The van der Waals surface area contributed by atoms with Gasteiger partial charge in [0.2, 0.25) is 0 Å². The van der Waals surface area contributed by atoms with Gasteiger partial charge in [0.05, 0.1) is 28.0 Å². The molecule has 2 aromatic heterocycles. The van der Waals surface area contributed by atoms with Crippen LogP contribution in [-0.4, -0.2) is 19.7 Å². The van der Waals surface area contributed by atoms with E-state index in [1.807, 2.05) is 0 Å². The monoisotopic (exact) mass is 333 g/mol. The Morgan fingerprint density at radius 2 is 2.09 bits per heavy atom. The molecule has 0 amide bonds. The average molecular weight is 334 g/mol. The number of hydrogen-bond donors (Lipinski definition) is 1. The Bertz CT molecular complexity index is 883. The Hall–Kier alpha value is -3.00. The molecule has 9 heteroatoms. The average Bonchev–Trinajstić information content (AvgIpc) is 2.98. The summed E-state index contributed by atoms with van der Waals surface area (Å²) in [6.07, 6.45) is 4.11. The van der Waals surface area contributed by atoms with Gasteiger partial charge in [-0.1, -0.05) is 23.7 Å². The number of nitro groups is 1. The molecule has 116 valence electrons. The van der Waals surface area contributed by atoms with E-state index in [0.717, 1.165) is 6.20 Å². The number of rotatable bonds is 4. The summed E-state index contributed by atoms with van der Waals surface area (Å²) in [7, 11) is 0. The van der Waals surface area contributed by atoms with Gasteiger partial charge < -0.3 is 5.32 Å². The summed E-state index contributed by atoms with van der Waals surface area (Å²) in [5.41, 5.74) is 0.599. The van der Waals surface area contributed by atoms with Gasteiger partial charge in [0.25, 0.3) is 5.69 Å². The van der Waals surface area contributed by atoms with Crippen LogP contribution in [0, 0.1) is 15.9 Å². The first-order valence-corrected chi connectivity index (χ1v) is 6.79. The van der Waals surface area contributed by atoms with Crippen molar-refractivity contribution in [1.82, 2.24) is 14.8 Å². The van der Waals surface area contributed by atoms with Crippen LogP contribution in [-0.2, 0) is 0 Å². The zero-order valence-corrected chi connectivity index (χ0v) is 12.2. The fourth-order valence-electron chi connectivity index (χ4n) is 1.91. The minimum Gasteiger partial charge on any atom is -0.336 e. The van der Waals surface area contributed by atoms with Crippen LogP contribution in [0.1, 0.15) is 0 Å². The lowest BCUT2D eigenvalue weighted by Crippen LogP contribution is -1.98. The predicted octanol–water partition coefficient (Wildman–Crippen LogP) is 3.71. The van der Waals surface area contributed by atoms with E-state index in [2.05, 4.69) is 15.4 Å². The maximum absolute atomic E-state index is 13.7. The van der Waals surface area contributed by atoms with E-state index in [-0.39, 0.29) is 16.5 Å². The highest BCUT2D eigenvalue weighted by atomic mass is 35.5. The van der Waals surface area contributed by atoms with Gasteiger partial charge >= 0.3 is 0 Å². The molecule has 1 N–H and O–H groups in total. The number of para-hydroxylation sites is 1. The van der Waals surface area contributed by atoms with Gasteiger partial charge in [0, 0.05) is 6.07 Å². The van der Waals surface area contributed by atoms with Crippen molar-refractivity contribution in [2.75, 3.05) is 5.32 Å². The summed E-state index contributed by atoms with van der Waals surface area (Å²) in [5.74, 6) is -0.168. The van der Waals surface area contributed by atoms with Gasteiger partial charge in [-0.15, -0.1) is 0 Å². The Kier molecular flexibility index (Phi) is 3.90. The highest BCUT2D eigenvalue weighted by Gasteiger charge is 2.12. The number of benzene rings is 1. The number of nitrogens with zero attached hydrogens (tertiary/aromatic N) is 4. The van der Waals surface area contributed by atoms with Crippen molar-refractivity contribution in [1.29, 1.82) is 0 Å². The molecular weight excluding hydrogens is 325 g/mol. The Morgan fingerprint density at radius 1 is 1.30 bits per heavy atom. The molecule has 0 saturated carbocycles. The van der Waals surface area contributed by atoms with Crippen molar-refractivity contribution in [2.24, 2.45) is 0 Å². The molecule has 0 aliphatic rings. The standard InChI is InChI=1S/C14H9ClFN5O2/c15-11-5-10(21(22)23)7-17-14(11)19-9-6-18-20(8-9)13-4-2-1-3-12(13)16/h1-8H,(H,17,19). The molecule has 0 spiro atoms. The molecule has 3 rings (SSSR count). The molecule has 0 saturated heterocycles. The van der Waals surface area contributed by atoms with Crippen LogP contribution >= 0.6 is 11.6 Å². The summed E-state index contributed by atoms with van der Waals surface area (Å²) >= 11 is 5.96. The van der Waals surface area contributed by atoms with E-state index in [4.69, 9.17) is 11.6 Å². The molecular formula is C14H9ClFN5O2. The first-order chi connectivity index (χ1) is 11.0. The van der Waals surface area contributed by atoms with Gasteiger partial charge in [0.1, 0.15) is 23.5 Å². The number of pyridine rings is 1. The lowest BCUT2D eigenvalue weighted by molar-refractivity contribution is -0.385. The second-order valence-corrected chi connectivity index (χ2v) is 4.94. The largest absolute Gasteiger partial charge is 0.336 e. The van der Waals surface area contributed by atoms with E-state index < -0.39 is 10.7 Å². The molecule has 0 fully saturated rings. The van der Waals surface area contributed by atoms with Crippen LogP contribution in [0.15, 0.2) is 48.9 Å². The molecule has 0 atom stereocenters. The number of anilines is 2. The SMILES string of the molecule is O=[N+]([O-])c1cnc(Nc2cnn(-c3ccccc3F)c2)c(Cl)c1. The van der Waals surface area contributed by atoms with Crippen LogP contribution in [0.2, 0.25) is 5.02 Å². The highest BCUT2D eigenvalue weighted by molar-refractivity contribution is 6.33. The second kappa shape index (κ2) is 6.01. The van der Waals surface area contributed by atoms with E-state index in [1.165, 1.54) is 23.0 Å². The zero-order valence-electron chi connectivity index (χ0n) is 11.5. The van der Waals surface area contributed by atoms with Crippen molar-refractivity contribution in [2.45, 2.75) is 0 Å². The Balaban J connectivity index is 1.85. The van der Waals surface area contributed by atoms with Gasteiger partial charge in [0.15, 0.2) is 0 Å². The lowest BCUT2D eigenvalue weighted by Gasteiger charge is -2.04. The van der Waals surface area contributed by atoms with Crippen molar-refractivity contribution in [3.05, 3.63) is 69.9 Å². The summed E-state index contributed by atoms with van der Waals surface area (Å²) < 4.78 is 15.1. The highest BCUT2D eigenvalue weighted by Crippen LogP contribution is 2.26. The third-order valence-electron chi connectivity index (χ3n) is 2.98. The quantitative estimate of drug-likeness (QED) is 0.581. The van der Waals surface area contributed by atoms with Crippen molar-refractivity contribution >= 4 is 28.8 Å². The molecule has 0 aliphatic heterocycles. The van der Waals surface area contributed by atoms with Crippen LogP contribution < -0.4 is 5.32 Å². The third-order valence-corrected chi connectivity index (χ3v) is 3.27. The van der Waals surface area contributed by atoms with E-state index in [1.54, 1.807) is 24.4 Å². The third kappa shape index (κ3) is 3.11. The number of halogens is 2. The summed E-state index contributed by atoms with van der Waals surface area (Å²) in [6.45, 7) is 0.